The summed E-state index contributed by atoms with van der Waals surface area (Å²) >= 11 is 0. The number of hydrogen-bond donors (Lipinski definition) is 0. The number of rotatable bonds is 4. The van der Waals surface area contributed by atoms with Crippen LogP contribution in [0.5, 0.6) is 6.01 Å². The number of aromatic nitrogens is 4. The third kappa shape index (κ3) is 2.58. The van der Waals surface area contributed by atoms with Gasteiger partial charge in [0.25, 0.3) is 11.6 Å². The van der Waals surface area contributed by atoms with Crippen molar-refractivity contribution < 1.29 is 4.74 Å². The summed E-state index contributed by atoms with van der Waals surface area (Å²) in [5.41, 5.74) is 1.64. The number of aryl methyl sites for hydroxylation is 3. The SMILES string of the molecule is COc1nc(C)cc(=O)n1CCc1cnn(C)c1. The van der Waals surface area contributed by atoms with E-state index in [-0.39, 0.29) is 5.56 Å². The van der Waals surface area contributed by atoms with E-state index in [4.69, 9.17) is 4.74 Å². The summed E-state index contributed by atoms with van der Waals surface area (Å²) in [5.74, 6) is 0. The molecule has 0 aliphatic rings. The van der Waals surface area contributed by atoms with Crippen molar-refractivity contribution in [3.8, 4) is 6.01 Å². The molecule has 18 heavy (non-hydrogen) atoms. The topological polar surface area (TPSA) is 61.9 Å². The highest BCUT2D eigenvalue weighted by molar-refractivity contribution is 5.08. The molecule has 0 atom stereocenters. The zero-order chi connectivity index (χ0) is 13.1. The van der Waals surface area contributed by atoms with E-state index in [9.17, 15) is 4.79 Å². The van der Waals surface area contributed by atoms with Gasteiger partial charge in [0.2, 0.25) is 0 Å². The summed E-state index contributed by atoms with van der Waals surface area (Å²) in [7, 11) is 3.38. The summed E-state index contributed by atoms with van der Waals surface area (Å²) in [6, 6.07) is 1.86. The molecule has 0 amide bonds. The van der Waals surface area contributed by atoms with Gasteiger partial charge in [-0.3, -0.25) is 14.0 Å². The fraction of sp³-hybridized carbons (Fsp3) is 0.417. The van der Waals surface area contributed by atoms with Crippen LogP contribution < -0.4 is 10.3 Å². The maximum Gasteiger partial charge on any atom is 0.299 e. The van der Waals surface area contributed by atoms with Gasteiger partial charge in [0.05, 0.1) is 13.3 Å². The Morgan fingerprint density at radius 3 is 2.83 bits per heavy atom. The van der Waals surface area contributed by atoms with Crippen molar-refractivity contribution in [1.29, 1.82) is 0 Å². The standard InChI is InChI=1S/C12H16N4O2/c1-9-6-11(17)16(12(14-9)18-3)5-4-10-7-13-15(2)8-10/h6-8H,4-5H2,1-3H3. The zero-order valence-electron chi connectivity index (χ0n) is 10.8. The van der Waals surface area contributed by atoms with Gasteiger partial charge in [-0.05, 0) is 18.9 Å². The predicted octanol–water partition coefficient (Wildman–Crippen LogP) is 0.537. The first-order valence-electron chi connectivity index (χ1n) is 5.70. The molecule has 0 spiro atoms. The first kappa shape index (κ1) is 12.3. The molecule has 0 aliphatic carbocycles. The lowest BCUT2D eigenvalue weighted by atomic mass is 10.2. The van der Waals surface area contributed by atoms with Gasteiger partial charge in [-0.15, -0.1) is 0 Å². The Morgan fingerprint density at radius 1 is 1.44 bits per heavy atom. The smallest absolute Gasteiger partial charge is 0.299 e. The summed E-state index contributed by atoms with van der Waals surface area (Å²) in [6.07, 6.45) is 4.44. The van der Waals surface area contributed by atoms with Crippen molar-refractivity contribution in [2.45, 2.75) is 19.9 Å². The minimum Gasteiger partial charge on any atom is -0.468 e. The Morgan fingerprint density at radius 2 is 2.22 bits per heavy atom. The van der Waals surface area contributed by atoms with E-state index in [0.717, 1.165) is 12.0 Å². The first-order chi connectivity index (χ1) is 8.60. The zero-order valence-corrected chi connectivity index (χ0v) is 10.8. The highest BCUT2D eigenvalue weighted by Crippen LogP contribution is 2.06. The lowest BCUT2D eigenvalue weighted by Gasteiger charge is -2.10. The summed E-state index contributed by atoms with van der Waals surface area (Å²) in [4.78, 5) is 16.1. The van der Waals surface area contributed by atoms with E-state index < -0.39 is 0 Å². The highest BCUT2D eigenvalue weighted by atomic mass is 16.5. The monoisotopic (exact) mass is 248 g/mol. The van der Waals surface area contributed by atoms with Crippen LogP contribution in [0.2, 0.25) is 0 Å². The molecule has 0 radical (unpaired) electrons. The van der Waals surface area contributed by atoms with Crippen molar-refractivity contribution in [2.75, 3.05) is 7.11 Å². The third-order valence-electron chi connectivity index (χ3n) is 2.67. The lowest BCUT2D eigenvalue weighted by Crippen LogP contribution is -2.23. The van der Waals surface area contributed by atoms with Gasteiger partial charge in [-0.25, -0.2) is 4.98 Å². The van der Waals surface area contributed by atoms with Crippen LogP contribution in [-0.4, -0.2) is 26.4 Å². The van der Waals surface area contributed by atoms with Crippen molar-refractivity contribution in [2.24, 2.45) is 7.05 Å². The molecule has 0 bridgehead atoms. The maximum absolute atomic E-state index is 11.9. The van der Waals surface area contributed by atoms with Gasteiger partial charge >= 0.3 is 0 Å². The number of methoxy groups -OCH3 is 1. The molecule has 6 nitrogen and oxygen atoms in total. The number of hydrogen-bond acceptors (Lipinski definition) is 4. The highest BCUT2D eigenvalue weighted by Gasteiger charge is 2.07. The first-order valence-corrected chi connectivity index (χ1v) is 5.70. The summed E-state index contributed by atoms with van der Waals surface area (Å²) in [6.45, 7) is 2.30. The molecule has 0 fully saturated rings. The molecule has 0 saturated carbocycles. The van der Waals surface area contributed by atoms with Crippen LogP contribution in [0, 0.1) is 6.92 Å². The van der Waals surface area contributed by atoms with E-state index >= 15 is 0 Å². The van der Waals surface area contributed by atoms with Crippen LogP contribution in [0.25, 0.3) is 0 Å². The molecule has 0 saturated heterocycles. The number of nitrogens with zero attached hydrogens (tertiary/aromatic N) is 4. The van der Waals surface area contributed by atoms with Crippen LogP contribution in [0.1, 0.15) is 11.3 Å². The van der Waals surface area contributed by atoms with Gasteiger partial charge < -0.3 is 4.74 Å². The third-order valence-corrected chi connectivity index (χ3v) is 2.67. The largest absolute Gasteiger partial charge is 0.468 e. The molecular formula is C12H16N4O2. The Bertz CT molecular complexity index is 600. The fourth-order valence-electron chi connectivity index (χ4n) is 1.80. The second-order valence-electron chi connectivity index (χ2n) is 4.15. The second-order valence-corrected chi connectivity index (χ2v) is 4.15. The van der Waals surface area contributed by atoms with Crippen molar-refractivity contribution in [3.63, 3.8) is 0 Å². The normalized spacial score (nSPS) is 10.6. The van der Waals surface area contributed by atoms with Crippen LogP contribution in [0.15, 0.2) is 23.3 Å². The minimum atomic E-state index is -0.0942. The molecule has 0 aliphatic heterocycles. The molecule has 2 rings (SSSR count). The summed E-state index contributed by atoms with van der Waals surface area (Å²) < 4.78 is 8.40. The van der Waals surface area contributed by atoms with E-state index in [1.807, 2.05) is 13.2 Å². The van der Waals surface area contributed by atoms with Gasteiger partial charge in [-0.1, -0.05) is 0 Å². The minimum absolute atomic E-state index is 0.0942. The van der Waals surface area contributed by atoms with Gasteiger partial charge in [0.15, 0.2) is 0 Å². The lowest BCUT2D eigenvalue weighted by molar-refractivity contribution is 0.344. The van der Waals surface area contributed by atoms with Crippen LogP contribution >= 0.6 is 0 Å². The fourth-order valence-corrected chi connectivity index (χ4v) is 1.80. The van der Waals surface area contributed by atoms with Gasteiger partial charge in [0, 0.05) is 31.5 Å². The predicted molar refractivity (Wildman–Crippen MR) is 66.7 cm³/mol. The molecular weight excluding hydrogens is 232 g/mol. The average Bonchev–Trinajstić information content (AvgIpc) is 2.73. The van der Waals surface area contributed by atoms with Crippen molar-refractivity contribution >= 4 is 0 Å². The van der Waals surface area contributed by atoms with Gasteiger partial charge in [0.1, 0.15) is 0 Å². The van der Waals surface area contributed by atoms with Crippen LogP contribution in [0.3, 0.4) is 0 Å². The molecule has 0 N–H and O–H groups in total. The van der Waals surface area contributed by atoms with Crippen LogP contribution in [0.4, 0.5) is 0 Å². The van der Waals surface area contributed by atoms with Crippen molar-refractivity contribution in [1.82, 2.24) is 19.3 Å². The Labute approximate surface area is 105 Å². The van der Waals surface area contributed by atoms with E-state index in [1.54, 1.807) is 17.8 Å². The Kier molecular flexibility index (Phi) is 3.45. The molecule has 6 heteroatoms. The molecule has 96 valence electrons. The van der Waals surface area contributed by atoms with E-state index in [0.29, 0.717) is 18.2 Å². The molecule has 2 aromatic heterocycles. The molecule has 2 aromatic rings. The average molecular weight is 248 g/mol. The van der Waals surface area contributed by atoms with E-state index in [2.05, 4.69) is 10.1 Å². The Hall–Kier alpha value is -2.11. The number of ether oxygens (including phenoxy) is 1. The van der Waals surface area contributed by atoms with Crippen molar-refractivity contribution in [3.05, 3.63) is 40.1 Å². The summed E-state index contributed by atoms with van der Waals surface area (Å²) in [5, 5.41) is 4.09. The quantitative estimate of drug-likeness (QED) is 0.792. The molecule has 0 aromatic carbocycles. The second kappa shape index (κ2) is 5.03. The van der Waals surface area contributed by atoms with E-state index in [1.165, 1.54) is 17.7 Å². The molecule has 0 unspecified atom stereocenters. The van der Waals surface area contributed by atoms with Gasteiger partial charge in [-0.2, -0.15) is 5.10 Å². The van der Waals surface area contributed by atoms with Crippen LogP contribution in [-0.2, 0) is 20.0 Å². The maximum atomic E-state index is 11.9. The Balaban J connectivity index is 2.21. The molecule has 2 heterocycles.